The van der Waals surface area contributed by atoms with Crippen molar-refractivity contribution in [3.63, 3.8) is 0 Å². The minimum atomic E-state index is -3.92. The summed E-state index contributed by atoms with van der Waals surface area (Å²) in [5.41, 5.74) is 0.415. The van der Waals surface area contributed by atoms with Gasteiger partial charge in [-0.3, -0.25) is 24.0 Å². The molecule has 5 atom stereocenters. The van der Waals surface area contributed by atoms with Gasteiger partial charge in [-0.25, -0.2) is 18.0 Å². The number of hydrogen-bond acceptors (Lipinski definition) is 9. The summed E-state index contributed by atoms with van der Waals surface area (Å²) in [6.07, 6.45) is 9.86. The van der Waals surface area contributed by atoms with Crippen molar-refractivity contribution in [1.82, 2.24) is 25.2 Å². The lowest BCUT2D eigenvalue weighted by Gasteiger charge is -2.42. The van der Waals surface area contributed by atoms with E-state index < -0.39 is 80.2 Å². The number of sulfonamides is 1. The predicted molar refractivity (Wildman–Crippen MR) is 207 cm³/mol. The van der Waals surface area contributed by atoms with Crippen molar-refractivity contribution in [2.45, 2.75) is 133 Å². The smallest absolute Gasteiger partial charge is 0.410 e. The van der Waals surface area contributed by atoms with E-state index >= 15 is 0 Å². The fourth-order valence-corrected chi connectivity index (χ4v) is 10.2. The third-order valence-corrected chi connectivity index (χ3v) is 14.5. The number of carbonyl (C=O) groups excluding carboxylic acids is 5. The van der Waals surface area contributed by atoms with Crippen LogP contribution in [0.1, 0.15) is 108 Å². The summed E-state index contributed by atoms with van der Waals surface area (Å²) in [6, 6.07) is 3.68. The summed E-state index contributed by atoms with van der Waals surface area (Å²) < 4.78 is 39.5. The van der Waals surface area contributed by atoms with E-state index in [1.54, 1.807) is 4.90 Å². The Morgan fingerprint density at radius 1 is 1.04 bits per heavy atom. The highest BCUT2D eigenvalue weighted by atomic mass is 32.2. The Morgan fingerprint density at radius 3 is 2.48 bits per heavy atom. The molecule has 304 valence electrons. The van der Waals surface area contributed by atoms with Gasteiger partial charge in [0.25, 0.3) is 5.91 Å². The molecule has 6 aliphatic rings. The van der Waals surface area contributed by atoms with E-state index in [4.69, 9.17) is 9.47 Å². The predicted octanol–water partition coefficient (Wildman–Crippen LogP) is 4.68. The van der Waals surface area contributed by atoms with E-state index in [9.17, 15) is 32.4 Å². The van der Waals surface area contributed by atoms with Crippen molar-refractivity contribution in [2.24, 2.45) is 16.7 Å². The number of benzene rings is 1. The minimum Gasteiger partial charge on any atom is -0.449 e. The van der Waals surface area contributed by atoms with Crippen molar-refractivity contribution < 1.29 is 41.9 Å². The molecule has 3 aliphatic carbocycles. The molecule has 56 heavy (non-hydrogen) atoms. The summed E-state index contributed by atoms with van der Waals surface area (Å²) in [4.78, 5) is 73.2. The number of alkyl carbamates (subject to hydrolysis) is 1. The Labute approximate surface area is 329 Å². The molecule has 3 N–H and O–H groups in total. The van der Waals surface area contributed by atoms with Gasteiger partial charge in [-0.05, 0) is 72.5 Å². The second kappa shape index (κ2) is 15.2. The van der Waals surface area contributed by atoms with Crippen molar-refractivity contribution in [3.8, 4) is 0 Å². The Hall–Kier alpha value is -4.40. The number of amides is 5. The van der Waals surface area contributed by atoms with Crippen molar-refractivity contribution in [3.05, 3.63) is 53.6 Å². The van der Waals surface area contributed by atoms with Gasteiger partial charge in [0.15, 0.2) is 0 Å². The molecule has 3 heterocycles. The zero-order valence-electron chi connectivity index (χ0n) is 32.6. The molecular weight excluding hydrogens is 739 g/mol. The van der Waals surface area contributed by atoms with E-state index in [0.29, 0.717) is 38.8 Å². The van der Waals surface area contributed by atoms with E-state index in [1.165, 1.54) is 11.0 Å². The molecule has 14 nitrogen and oxygen atoms in total. The zero-order chi connectivity index (χ0) is 40.0. The molecule has 1 aromatic rings. The lowest BCUT2D eigenvalue weighted by Crippen LogP contribution is -2.61. The zero-order valence-corrected chi connectivity index (χ0v) is 33.5. The van der Waals surface area contributed by atoms with Gasteiger partial charge in [0.1, 0.15) is 23.7 Å². The Kier molecular flexibility index (Phi) is 10.8. The Balaban J connectivity index is 1.20. The molecule has 3 aliphatic heterocycles. The Morgan fingerprint density at radius 2 is 1.79 bits per heavy atom. The van der Waals surface area contributed by atoms with Crippen LogP contribution in [0.3, 0.4) is 0 Å². The number of ether oxygens (including phenoxy) is 2. The van der Waals surface area contributed by atoms with Gasteiger partial charge in [-0.15, -0.1) is 6.58 Å². The fraction of sp³-hybridized carbons (Fsp3) is 0.634. The van der Waals surface area contributed by atoms with Crippen LogP contribution < -0.4 is 15.4 Å². The summed E-state index contributed by atoms with van der Waals surface area (Å²) in [6.45, 7) is 10.5. The summed E-state index contributed by atoms with van der Waals surface area (Å²) in [7, 11) is -3.92. The van der Waals surface area contributed by atoms with Crippen molar-refractivity contribution in [2.75, 3.05) is 13.2 Å². The first-order chi connectivity index (χ1) is 26.5. The fourth-order valence-electron chi connectivity index (χ4n) is 8.87. The molecular formula is C41H55N5O9S. The molecule has 4 bridgehead atoms. The largest absolute Gasteiger partial charge is 0.449 e. The maximum absolute atomic E-state index is 14.9. The van der Waals surface area contributed by atoms with Crippen LogP contribution in [0.2, 0.25) is 0 Å². The number of carbonyl (C=O) groups is 5. The van der Waals surface area contributed by atoms with E-state index in [2.05, 4.69) is 34.1 Å². The number of hydrogen-bond donors (Lipinski definition) is 3. The van der Waals surface area contributed by atoms with Crippen LogP contribution in [0.25, 0.3) is 6.08 Å². The first-order valence-electron chi connectivity index (χ1n) is 20.0. The van der Waals surface area contributed by atoms with Gasteiger partial charge in [0.05, 0.1) is 24.9 Å². The average molecular weight is 794 g/mol. The lowest BCUT2D eigenvalue weighted by atomic mass is 9.70. The van der Waals surface area contributed by atoms with Crippen molar-refractivity contribution >= 4 is 46.0 Å². The van der Waals surface area contributed by atoms with Crippen LogP contribution in [-0.2, 0) is 47.0 Å². The van der Waals surface area contributed by atoms with Gasteiger partial charge in [0, 0.05) is 18.9 Å². The highest BCUT2D eigenvalue weighted by molar-refractivity contribution is 7.91. The molecule has 15 heteroatoms. The first kappa shape index (κ1) is 39.8. The number of fused-ring (bicyclic) bond motifs is 3. The third kappa shape index (κ3) is 8.19. The number of nitrogens with zero attached hydrogens (tertiary/aromatic N) is 2. The molecule has 0 spiro atoms. The first-order valence-corrected chi connectivity index (χ1v) is 21.6. The maximum Gasteiger partial charge on any atom is 0.410 e. The molecule has 4 fully saturated rings. The molecule has 0 aromatic heterocycles. The number of nitrogens with one attached hydrogen (secondary N) is 3. The van der Waals surface area contributed by atoms with Crippen LogP contribution >= 0.6 is 0 Å². The van der Waals surface area contributed by atoms with Crippen molar-refractivity contribution in [1.29, 1.82) is 0 Å². The second-order valence-electron chi connectivity index (χ2n) is 17.7. The quantitative estimate of drug-likeness (QED) is 0.331. The molecule has 1 aromatic carbocycles. The summed E-state index contributed by atoms with van der Waals surface area (Å²) >= 11 is 0. The van der Waals surface area contributed by atoms with E-state index in [1.807, 2.05) is 39.0 Å². The van der Waals surface area contributed by atoms with E-state index in [0.717, 1.165) is 48.8 Å². The van der Waals surface area contributed by atoms with Crippen LogP contribution in [0.5, 0.6) is 0 Å². The number of rotatable bonds is 7. The van der Waals surface area contributed by atoms with Gasteiger partial charge >= 0.3 is 12.2 Å². The standard InChI is InChI=1S/C41H55N5O9S/c1-5-28-21-41(28,36(49)44-56(52,53)30-15-16-30)43-34(47)32-20-29-23-46(32)35(48)33(40(4)18-8-6-9-19-40)42-37(50)54-25-39(2,3)17-10-7-12-26-13-11-14-27-22-45(24-31(26)27)38(51)55-29/h5,7,11-14,28-30,32-33H,1,6,8-10,15-25H2,2-4H3,(H,42,50)(H,43,47)(H,44,49)/b12-7+/t28-,29-,32+,33-,41-/m1/s1. The molecule has 7 rings (SSSR count). The van der Waals surface area contributed by atoms with E-state index in [-0.39, 0.29) is 31.4 Å². The molecule has 3 saturated carbocycles. The number of allylic oxidation sites excluding steroid dienone is 1. The van der Waals surface area contributed by atoms with Gasteiger partial charge in [-0.1, -0.05) is 76.5 Å². The SMILES string of the molecule is C=C[C@@H]1C[C@]1(NC(=O)[C@@H]1C[C@@H]2CN1C(=O)[C@H](C1(C)CCCCC1)NC(=O)OCC(C)(C)CC/C=C/c1cccc3c1CN(C3)C(=O)O2)C(=O)NS(=O)(=O)C1CC1. The molecule has 5 amide bonds. The monoisotopic (exact) mass is 793 g/mol. The third-order valence-electron chi connectivity index (χ3n) is 12.7. The van der Waals surface area contributed by atoms with Gasteiger partial charge in [-0.2, -0.15) is 0 Å². The molecule has 0 unspecified atom stereocenters. The van der Waals surface area contributed by atoms with Gasteiger partial charge < -0.3 is 25.0 Å². The lowest BCUT2D eigenvalue weighted by molar-refractivity contribution is -0.143. The van der Waals surface area contributed by atoms with Crippen LogP contribution in [0.4, 0.5) is 9.59 Å². The normalized spacial score (nSPS) is 30.9. The highest BCUT2D eigenvalue weighted by Crippen LogP contribution is 2.46. The highest BCUT2D eigenvalue weighted by Gasteiger charge is 2.62. The minimum absolute atomic E-state index is 0.0724. The topological polar surface area (TPSA) is 181 Å². The van der Waals surface area contributed by atoms with Gasteiger partial charge in [0.2, 0.25) is 21.8 Å². The summed E-state index contributed by atoms with van der Waals surface area (Å²) in [5, 5.41) is 5.04. The average Bonchev–Trinajstić information content (AvgIpc) is 4.05. The Bertz CT molecular complexity index is 1920. The van der Waals surface area contributed by atoms with Crippen LogP contribution in [0, 0.1) is 16.7 Å². The van der Waals surface area contributed by atoms with Crippen LogP contribution in [-0.4, -0.2) is 90.3 Å². The number of cyclic esters (lactones) is 1. The maximum atomic E-state index is 14.9. The van der Waals surface area contributed by atoms with Crippen LogP contribution in [0.15, 0.2) is 36.9 Å². The summed E-state index contributed by atoms with van der Waals surface area (Å²) in [5.74, 6) is -2.61. The molecule has 1 saturated heterocycles. The second-order valence-corrected chi connectivity index (χ2v) is 19.7. The molecule has 0 radical (unpaired) electrons.